The number of hydrogen-bond donors (Lipinski definition) is 2. The highest BCUT2D eigenvalue weighted by Gasteiger charge is 2.37. The Morgan fingerprint density at radius 1 is 1.25 bits per heavy atom. The second-order valence-electron chi connectivity index (χ2n) is 3.28. The maximum Gasteiger partial charge on any atom is 0.415 e. The lowest BCUT2D eigenvalue weighted by molar-refractivity contribution is -0.201. The number of rotatable bonds is 4. The molecular weight excluding hydrogens is 226 g/mol. The summed E-state index contributed by atoms with van der Waals surface area (Å²) in [6.07, 6.45) is -7.08. The van der Waals surface area contributed by atoms with Gasteiger partial charge in [-0.15, -0.1) is 0 Å². The van der Waals surface area contributed by atoms with E-state index in [1.54, 1.807) is 6.07 Å². The second-order valence-corrected chi connectivity index (χ2v) is 3.28. The quantitative estimate of drug-likeness (QED) is 0.783. The van der Waals surface area contributed by atoms with Gasteiger partial charge in [0.1, 0.15) is 5.82 Å². The molecule has 1 aromatic carbocycles. The Morgan fingerprint density at radius 3 is 2.44 bits per heavy atom. The first kappa shape index (κ1) is 12.9. The molecule has 2 nitrogen and oxygen atoms in total. The van der Waals surface area contributed by atoms with Crippen molar-refractivity contribution in [2.45, 2.75) is 18.8 Å². The predicted octanol–water partition coefficient (Wildman–Crippen LogP) is 1.84. The molecule has 0 saturated carbocycles. The topological polar surface area (TPSA) is 32.3 Å². The van der Waals surface area contributed by atoms with Gasteiger partial charge in [0.05, 0.1) is 0 Å². The molecule has 0 aromatic heterocycles. The summed E-state index contributed by atoms with van der Waals surface area (Å²) in [4.78, 5) is 0. The Hall–Kier alpha value is -1.14. The number of halogens is 4. The molecule has 0 heterocycles. The van der Waals surface area contributed by atoms with E-state index in [2.05, 4.69) is 5.32 Å². The Morgan fingerprint density at radius 2 is 1.88 bits per heavy atom. The van der Waals surface area contributed by atoms with Gasteiger partial charge in [-0.25, -0.2) is 4.39 Å². The fourth-order valence-electron chi connectivity index (χ4n) is 1.10. The number of aliphatic hydroxyl groups excluding tert-OH is 1. The van der Waals surface area contributed by atoms with Crippen LogP contribution in [0.4, 0.5) is 17.6 Å². The van der Waals surface area contributed by atoms with Crippen molar-refractivity contribution in [3.63, 3.8) is 0 Å². The molecule has 0 aliphatic heterocycles. The molecule has 2 N–H and O–H groups in total. The van der Waals surface area contributed by atoms with E-state index in [4.69, 9.17) is 5.11 Å². The van der Waals surface area contributed by atoms with E-state index in [0.717, 1.165) is 0 Å². The number of nitrogens with one attached hydrogen (secondary N) is 1. The lowest BCUT2D eigenvalue weighted by Gasteiger charge is -2.15. The van der Waals surface area contributed by atoms with Crippen molar-refractivity contribution in [3.05, 3.63) is 35.6 Å². The van der Waals surface area contributed by atoms with Crippen LogP contribution in [-0.4, -0.2) is 23.9 Å². The van der Waals surface area contributed by atoms with Crippen molar-refractivity contribution in [1.82, 2.24) is 5.32 Å². The van der Waals surface area contributed by atoms with E-state index in [1.807, 2.05) is 0 Å². The van der Waals surface area contributed by atoms with Crippen LogP contribution in [0.1, 0.15) is 5.56 Å². The molecule has 1 atom stereocenters. The summed E-state index contributed by atoms with van der Waals surface area (Å²) in [5.74, 6) is -0.489. The van der Waals surface area contributed by atoms with Crippen molar-refractivity contribution in [3.8, 4) is 0 Å². The molecule has 0 fully saturated rings. The van der Waals surface area contributed by atoms with Crippen LogP contribution in [0.3, 0.4) is 0 Å². The summed E-state index contributed by atoms with van der Waals surface area (Å²) in [6.45, 7) is -0.711. The van der Waals surface area contributed by atoms with Crippen LogP contribution in [0.15, 0.2) is 24.3 Å². The van der Waals surface area contributed by atoms with E-state index in [9.17, 15) is 17.6 Å². The monoisotopic (exact) mass is 237 g/mol. The molecule has 0 radical (unpaired) electrons. The molecule has 0 amide bonds. The number of benzene rings is 1. The average molecular weight is 237 g/mol. The molecule has 0 bridgehead atoms. The zero-order valence-electron chi connectivity index (χ0n) is 8.26. The van der Waals surface area contributed by atoms with Crippen LogP contribution in [0.5, 0.6) is 0 Å². The molecule has 1 unspecified atom stereocenters. The Kier molecular flexibility index (Phi) is 4.26. The van der Waals surface area contributed by atoms with Crippen molar-refractivity contribution < 1.29 is 22.7 Å². The zero-order chi connectivity index (χ0) is 12.2. The summed E-state index contributed by atoms with van der Waals surface area (Å²) >= 11 is 0. The van der Waals surface area contributed by atoms with E-state index < -0.39 is 24.6 Å². The van der Waals surface area contributed by atoms with Gasteiger partial charge in [-0.1, -0.05) is 18.2 Å². The first-order chi connectivity index (χ1) is 7.41. The van der Waals surface area contributed by atoms with Gasteiger partial charge >= 0.3 is 6.18 Å². The summed E-state index contributed by atoms with van der Waals surface area (Å²) in [6, 6.07) is 5.75. The zero-order valence-corrected chi connectivity index (χ0v) is 8.26. The number of aliphatic hydroxyl groups is 1. The van der Waals surface area contributed by atoms with Crippen LogP contribution in [0.2, 0.25) is 0 Å². The third kappa shape index (κ3) is 3.79. The normalized spacial score (nSPS) is 13.8. The van der Waals surface area contributed by atoms with Gasteiger partial charge in [0.15, 0.2) is 6.10 Å². The smallest absolute Gasteiger partial charge is 0.382 e. The van der Waals surface area contributed by atoms with Crippen molar-refractivity contribution >= 4 is 0 Å². The summed E-state index contributed by atoms with van der Waals surface area (Å²) < 4.78 is 48.7. The molecule has 0 spiro atoms. The lowest BCUT2D eigenvalue weighted by atomic mass is 10.2. The Labute approximate surface area is 89.9 Å². The highest BCUT2D eigenvalue weighted by atomic mass is 19.4. The average Bonchev–Trinajstić information content (AvgIpc) is 2.19. The van der Waals surface area contributed by atoms with E-state index in [1.165, 1.54) is 18.2 Å². The minimum absolute atomic E-state index is 0.0557. The van der Waals surface area contributed by atoms with Gasteiger partial charge in [-0.2, -0.15) is 13.2 Å². The summed E-state index contributed by atoms with van der Waals surface area (Å²) in [7, 11) is 0. The van der Waals surface area contributed by atoms with Gasteiger partial charge in [0.25, 0.3) is 0 Å². The molecule has 90 valence electrons. The van der Waals surface area contributed by atoms with Crippen molar-refractivity contribution in [2.75, 3.05) is 6.54 Å². The Bertz CT molecular complexity index is 340. The maximum absolute atomic E-state index is 13.0. The minimum Gasteiger partial charge on any atom is -0.382 e. The van der Waals surface area contributed by atoms with Crippen LogP contribution in [-0.2, 0) is 6.54 Å². The molecule has 0 aliphatic rings. The largest absolute Gasteiger partial charge is 0.415 e. The van der Waals surface area contributed by atoms with Crippen LogP contribution in [0.25, 0.3) is 0 Å². The van der Waals surface area contributed by atoms with Crippen molar-refractivity contribution in [1.29, 1.82) is 0 Å². The third-order valence-electron chi connectivity index (χ3n) is 1.99. The van der Waals surface area contributed by atoms with Gasteiger partial charge in [-0.3, -0.25) is 0 Å². The lowest BCUT2D eigenvalue weighted by Crippen LogP contribution is -2.38. The van der Waals surface area contributed by atoms with Crippen LogP contribution < -0.4 is 5.32 Å². The molecule has 16 heavy (non-hydrogen) atoms. The Balaban J connectivity index is 2.40. The molecule has 0 saturated heterocycles. The molecule has 1 aromatic rings. The SMILES string of the molecule is OC(CNCc1ccccc1F)C(F)(F)F. The highest BCUT2D eigenvalue weighted by Crippen LogP contribution is 2.19. The van der Waals surface area contributed by atoms with Crippen LogP contribution in [0, 0.1) is 5.82 Å². The minimum atomic E-state index is -4.65. The first-order valence-corrected chi connectivity index (χ1v) is 4.60. The fourth-order valence-corrected chi connectivity index (χ4v) is 1.10. The molecule has 6 heteroatoms. The second kappa shape index (κ2) is 5.27. The number of alkyl halides is 3. The highest BCUT2D eigenvalue weighted by molar-refractivity contribution is 5.16. The molecule has 0 aliphatic carbocycles. The standard InChI is InChI=1S/C10H11F4NO/c11-8-4-2-1-3-7(8)5-15-6-9(16)10(12,13)14/h1-4,9,15-16H,5-6H2. The molecular formula is C10H11F4NO. The van der Waals surface area contributed by atoms with Gasteiger partial charge in [0, 0.05) is 18.7 Å². The first-order valence-electron chi connectivity index (χ1n) is 4.60. The summed E-state index contributed by atoms with van der Waals surface area (Å²) in [5.41, 5.74) is 0.261. The van der Waals surface area contributed by atoms with E-state index in [-0.39, 0.29) is 12.1 Å². The third-order valence-corrected chi connectivity index (χ3v) is 1.99. The van der Waals surface area contributed by atoms with Gasteiger partial charge in [0.2, 0.25) is 0 Å². The van der Waals surface area contributed by atoms with E-state index in [0.29, 0.717) is 0 Å². The van der Waals surface area contributed by atoms with Crippen LogP contribution >= 0.6 is 0 Å². The van der Waals surface area contributed by atoms with Gasteiger partial charge < -0.3 is 10.4 Å². The fraction of sp³-hybridized carbons (Fsp3) is 0.400. The summed E-state index contributed by atoms with van der Waals surface area (Å²) in [5, 5.41) is 11.0. The van der Waals surface area contributed by atoms with E-state index >= 15 is 0 Å². The maximum atomic E-state index is 13.0. The van der Waals surface area contributed by atoms with Crippen molar-refractivity contribution in [2.24, 2.45) is 0 Å². The number of hydrogen-bond acceptors (Lipinski definition) is 2. The van der Waals surface area contributed by atoms with Gasteiger partial charge in [-0.05, 0) is 6.07 Å². The molecule has 1 rings (SSSR count). The predicted molar refractivity (Wildman–Crippen MR) is 50.2 cm³/mol.